The van der Waals surface area contributed by atoms with Gasteiger partial charge in [0.2, 0.25) is 5.91 Å². The van der Waals surface area contributed by atoms with E-state index in [0.29, 0.717) is 5.69 Å². The number of anilines is 1. The minimum Gasteiger partial charge on any atom is -0.350 e. The fourth-order valence-corrected chi connectivity index (χ4v) is 3.82. The lowest BCUT2D eigenvalue weighted by Crippen LogP contribution is -2.48. The molecular formula is C20H26N2O3S. The minimum atomic E-state index is -3.85. The summed E-state index contributed by atoms with van der Waals surface area (Å²) in [6.45, 7) is 7.44. The summed E-state index contributed by atoms with van der Waals surface area (Å²) >= 11 is 0. The van der Waals surface area contributed by atoms with Gasteiger partial charge in [0, 0.05) is 5.54 Å². The van der Waals surface area contributed by atoms with Crippen LogP contribution in [0.15, 0.2) is 59.5 Å². The number of hydrogen-bond acceptors (Lipinski definition) is 3. The Morgan fingerprint density at radius 2 is 1.62 bits per heavy atom. The van der Waals surface area contributed by atoms with Gasteiger partial charge in [-0.2, -0.15) is 0 Å². The molecule has 0 saturated heterocycles. The maximum absolute atomic E-state index is 13.1. The molecular weight excluding hydrogens is 348 g/mol. The molecule has 0 aliphatic heterocycles. The highest BCUT2D eigenvalue weighted by molar-refractivity contribution is 7.92. The molecule has 1 amide bonds. The number of nitrogens with zero attached hydrogens (tertiary/aromatic N) is 1. The number of amides is 1. The predicted molar refractivity (Wildman–Crippen MR) is 105 cm³/mol. The van der Waals surface area contributed by atoms with Crippen molar-refractivity contribution in [3.05, 3.63) is 60.2 Å². The second-order valence-electron chi connectivity index (χ2n) is 6.95. The van der Waals surface area contributed by atoms with E-state index in [9.17, 15) is 13.2 Å². The molecule has 0 aliphatic carbocycles. The van der Waals surface area contributed by atoms with Crippen LogP contribution in [0.5, 0.6) is 0 Å². The average Bonchev–Trinajstić information content (AvgIpc) is 2.61. The number of aryl methyl sites for hydroxylation is 1. The molecule has 2 aromatic carbocycles. The van der Waals surface area contributed by atoms with Gasteiger partial charge in [0.05, 0.1) is 10.6 Å². The van der Waals surface area contributed by atoms with E-state index in [4.69, 9.17) is 0 Å². The van der Waals surface area contributed by atoms with E-state index >= 15 is 0 Å². The van der Waals surface area contributed by atoms with E-state index in [1.807, 2.05) is 39.8 Å². The molecule has 0 unspecified atom stereocenters. The summed E-state index contributed by atoms with van der Waals surface area (Å²) in [5.74, 6) is -0.336. The van der Waals surface area contributed by atoms with Gasteiger partial charge in [0.25, 0.3) is 10.0 Å². The van der Waals surface area contributed by atoms with Gasteiger partial charge in [0.1, 0.15) is 6.54 Å². The molecule has 0 aliphatic rings. The average molecular weight is 375 g/mol. The van der Waals surface area contributed by atoms with Crippen LogP contribution in [0.2, 0.25) is 0 Å². The maximum atomic E-state index is 13.1. The third-order valence-electron chi connectivity index (χ3n) is 4.30. The molecule has 0 bridgehead atoms. The van der Waals surface area contributed by atoms with Crippen LogP contribution in [0.3, 0.4) is 0 Å². The highest BCUT2D eigenvalue weighted by Crippen LogP contribution is 2.24. The van der Waals surface area contributed by atoms with Crippen LogP contribution in [0.25, 0.3) is 0 Å². The fraction of sp³-hybridized carbons (Fsp3) is 0.350. The Bertz CT molecular complexity index is 844. The van der Waals surface area contributed by atoms with Gasteiger partial charge in [0.15, 0.2) is 0 Å². The molecule has 0 heterocycles. The summed E-state index contributed by atoms with van der Waals surface area (Å²) in [6, 6.07) is 15.2. The summed E-state index contributed by atoms with van der Waals surface area (Å²) < 4.78 is 27.4. The Kier molecular flexibility index (Phi) is 6.08. The predicted octanol–water partition coefficient (Wildman–Crippen LogP) is 3.50. The number of sulfonamides is 1. The van der Waals surface area contributed by atoms with Crippen molar-refractivity contribution in [3.8, 4) is 0 Å². The standard InChI is InChI=1S/C20H26N2O3S/c1-5-20(3,4)21-19(23)15-22(17-13-11-16(2)12-14-17)26(24,25)18-9-7-6-8-10-18/h6-14H,5,15H2,1-4H3,(H,21,23). The molecule has 0 aromatic heterocycles. The zero-order chi connectivity index (χ0) is 19.4. The van der Waals surface area contributed by atoms with Crippen molar-refractivity contribution in [2.75, 3.05) is 10.8 Å². The normalized spacial score (nSPS) is 11.8. The van der Waals surface area contributed by atoms with Crippen LogP contribution in [-0.2, 0) is 14.8 Å². The molecule has 1 N–H and O–H groups in total. The van der Waals surface area contributed by atoms with E-state index in [0.717, 1.165) is 16.3 Å². The summed E-state index contributed by atoms with van der Waals surface area (Å²) in [5, 5.41) is 2.90. The lowest BCUT2D eigenvalue weighted by molar-refractivity contribution is -0.121. The van der Waals surface area contributed by atoms with Crippen molar-refractivity contribution in [2.24, 2.45) is 0 Å². The van der Waals surface area contributed by atoms with E-state index in [1.54, 1.807) is 30.3 Å². The molecule has 0 spiro atoms. The number of benzene rings is 2. The van der Waals surface area contributed by atoms with Crippen molar-refractivity contribution in [2.45, 2.75) is 44.6 Å². The first kappa shape index (κ1) is 20.0. The quantitative estimate of drug-likeness (QED) is 0.807. The Labute approximate surface area is 156 Å². The monoisotopic (exact) mass is 374 g/mol. The van der Waals surface area contributed by atoms with Crippen LogP contribution in [0, 0.1) is 6.92 Å². The van der Waals surface area contributed by atoms with Crippen LogP contribution in [0.4, 0.5) is 5.69 Å². The second kappa shape index (κ2) is 7.91. The third kappa shape index (κ3) is 4.85. The first-order valence-electron chi connectivity index (χ1n) is 8.61. The number of carbonyl (C=O) groups excluding carboxylic acids is 1. The van der Waals surface area contributed by atoms with Crippen molar-refractivity contribution < 1.29 is 13.2 Å². The first-order valence-corrected chi connectivity index (χ1v) is 10.1. The molecule has 2 rings (SSSR count). The van der Waals surface area contributed by atoms with E-state index in [1.165, 1.54) is 12.1 Å². The van der Waals surface area contributed by atoms with Crippen LogP contribution < -0.4 is 9.62 Å². The number of carbonyl (C=O) groups is 1. The van der Waals surface area contributed by atoms with Crippen molar-refractivity contribution in [3.63, 3.8) is 0 Å². The lowest BCUT2D eigenvalue weighted by Gasteiger charge is -2.28. The van der Waals surface area contributed by atoms with Gasteiger partial charge >= 0.3 is 0 Å². The minimum absolute atomic E-state index is 0.156. The van der Waals surface area contributed by atoms with E-state index < -0.39 is 15.6 Å². The summed E-state index contributed by atoms with van der Waals surface area (Å²) in [6.07, 6.45) is 0.745. The number of rotatable bonds is 7. The molecule has 0 radical (unpaired) electrons. The SMILES string of the molecule is CCC(C)(C)NC(=O)CN(c1ccc(C)cc1)S(=O)(=O)c1ccccc1. The Morgan fingerprint density at radius 3 is 2.15 bits per heavy atom. The molecule has 6 heteroatoms. The summed E-state index contributed by atoms with van der Waals surface area (Å²) in [4.78, 5) is 12.7. The van der Waals surface area contributed by atoms with Gasteiger partial charge in [-0.3, -0.25) is 9.10 Å². The summed E-state index contributed by atoms with van der Waals surface area (Å²) in [7, 11) is -3.85. The molecule has 5 nitrogen and oxygen atoms in total. The third-order valence-corrected chi connectivity index (χ3v) is 6.09. The van der Waals surface area contributed by atoms with Gasteiger partial charge < -0.3 is 5.32 Å². The van der Waals surface area contributed by atoms with Gasteiger partial charge in [-0.05, 0) is 51.5 Å². The summed E-state index contributed by atoms with van der Waals surface area (Å²) in [5.41, 5.74) is 1.08. The van der Waals surface area contributed by atoms with Crippen LogP contribution >= 0.6 is 0 Å². The molecule has 0 fully saturated rings. The topological polar surface area (TPSA) is 66.5 Å². The van der Waals surface area contributed by atoms with E-state index in [-0.39, 0.29) is 17.3 Å². The van der Waals surface area contributed by atoms with Crippen molar-refractivity contribution >= 4 is 21.6 Å². The number of hydrogen-bond donors (Lipinski definition) is 1. The Balaban J connectivity index is 2.40. The van der Waals surface area contributed by atoms with Crippen LogP contribution in [-0.4, -0.2) is 26.4 Å². The van der Waals surface area contributed by atoms with Crippen LogP contribution in [0.1, 0.15) is 32.8 Å². The van der Waals surface area contributed by atoms with Crippen molar-refractivity contribution in [1.82, 2.24) is 5.32 Å². The maximum Gasteiger partial charge on any atom is 0.264 e. The van der Waals surface area contributed by atoms with Gasteiger partial charge in [-0.1, -0.05) is 42.8 Å². The zero-order valence-electron chi connectivity index (χ0n) is 15.7. The smallest absolute Gasteiger partial charge is 0.264 e. The van der Waals surface area contributed by atoms with E-state index in [2.05, 4.69) is 5.32 Å². The Morgan fingerprint density at radius 1 is 1.04 bits per heavy atom. The second-order valence-corrected chi connectivity index (χ2v) is 8.81. The first-order chi connectivity index (χ1) is 12.2. The highest BCUT2D eigenvalue weighted by Gasteiger charge is 2.28. The van der Waals surface area contributed by atoms with Crippen molar-refractivity contribution in [1.29, 1.82) is 0 Å². The zero-order valence-corrected chi connectivity index (χ0v) is 16.5. The van der Waals surface area contributed by atoms with Gasteiger partial charge in [-0.15, -0.1) is 0 Å². The largest absolute Gasteiger partial charge is 0.350 e. The molecule has 26 heavy (non-hydrogen) atoms. The van der Waals surface area contributed by atoms with Gasteiger partial charge in [-0.25, -0.2) is 8.42 Å². The lowest BCUT2D eigenvalue weighted by atomic mass is 10.0. The number of nitrogens with one attached hydrogen (secondary N) is 1. The molecule has 0 saturated carbocycles. The Hall–Kier alpha value is -2.34. The molecule has 140 valence electrons. The molecule has 0 atom stereocenters. The fourth-order valence-electron chi connectivity index (χ4n) is 2.38. The highest BCUT2D eigenvalue weighted by atomic mass is 32.2. The molecule has 2 aromatic rings.